The molecule has 9 heteroatoms. The first-order chi connectivity index (χ1) is 14.5. The van der Waals surface area contributed by atoms with Crippen LogP contribution in [-0.2, 0) is 6.42 Å². The summed E-state index contributed by atoms with van der Waals surface area (Å²) in [6.45, 7) is 2.91. The third-order valence-corrected chi connectivity index (χ3v) is 5.67. The van der Waals surface area contributed by atoms with Crippen molar-refractivity contribution in [2.24, 2.45) is 0 Å². The summed E-state index contributed by atoms with van der Waals surface area (Å²) < 4.78 is 13.7. The van der Waals surface area contributed by atoms with E-state index in [1.165, 1.54) is 12.1 Å². The molecule has 0 radical (unpaired) electrons. The molecule has 1 aromatic carbocycles. The summed E-state index contributed by atoms with van der Waals surface area (Å²) in [5.74, 6) is -0.0718. The van der Waals surface area contributed by atoms with Gasteiger partial charge in [-0.05, 0) is 49.4 Å². The van der Waals surface area contributed by atoms with E-state index in [4.69, 9.17) is 11.6 Å². The van der Waals surface area contributed by atoms with Gasteiger partial charge in [0, 0.05) is 19.3 Å². The molecule has 0 saturated carbocycles. The smallest absolute Gasteiger partial charge is 0.292 e. The van der Waals surface area contributed by atoms with E-state index >= 15 is 0 Å². The van der Waals surface area contributed by atoms with Gasteiger partial charge < -0.3 is 10.2 Å². The summed E-state index contributed by atoms with van der Waals surface area (Å²) in [5, 5.41) is 10.3. The third-order valence-electron chi connectivity index (χ3n) is 5.22. The number of aromatic nitrogens is 4. The van der Waals surface area contributed by atoms with E-state index in [9.17, 15) is 9.18 Å². The molecule has 1 aliphatic heterocycles. The highest BCUT2D eigenvalue weighted by molar-refractivity contribution is 6.33. The molecule has 1 unspecified atom stereocenters. The normalized spacial score (nSPS) is 16.1. The summed E-state index contributed by atoms with van der Waals surface area (Å²) in [6.07, 6.45) is 5.92. The van der Waals surface area contributed by atoms with E-state index in [0.29, 0.717) is 29.6 Å². The number of nitrogens with zero attached hydrogens (tertiary/aromatic N) is 4. The molecular weight excluding hydrogens is 407 g/mol. The van der Waals surface area contributed by atoms with E-state index in [2.05, 4.69) is 25.5 Å². The summed E-state index contributed by atoms with van der Waals surface area (Å²) in [4.78, 5) is 23.6. The van der Waals surface area contributed by atoms with Crippen LogP contribution < -0.4 is 5.32 Å². The Morgan fingerprint density at radius 1 is 1.40 bits per heavy atom. The molecule has 1 fully saturated rings. The first-order valence-electron chi connectivity index (χ1n) is 9.85. The fourth-order valence-corrected chi connectivity index (χ4v) is 3.86. The zero-order valence-electron chi connectivity index (χ0n) is 16.5. The number of carbonyl (C=O) groups is 1. The monoisotopic (exact) mass is 428 g/mol. The van der Waals surface area contributed by atoms with Crippen molar-refractivity contribution >= 4 is 23.3 Å². The molecule has 1 aliphatic rings. The van der Waals surface area contributed by atoms with Gasteiger partial charge in [0.2, 0.25) is 5.82 Å². The quantitative estimate of drug-likeness (QED) is 0.621. The van der Waals surface area contributed by atoms with Gasteiger partial charge in [0.15, 0.2) is 0 Å². The summed E-state index contributed by atoms with van der Waals surface area (Å²) in [5.41, 5.74) is 2.36. The number of aromatic amines is 1. The Hall–Kier alpha value is -3.00. The lowest BCUT2D eigenvalue weighted by Crippen LogP contribution is -2.32. The lowest BCUT2D eigenvalue weighted by molar-refractivity contribution is 0.0722. The maximum absolute atomic E-state index is 13.7. The Labute approximate surface area is 178 Å². The molecule has 3 aromatic rings. The van der Waals surface area contributed by atoms with Gasteiger partial charge in [0.25, 0.3) is 5.91 Å². The number of hydrogen-bond donors (Lipinski definition) is 2. The average Bonchev–Trinajstić information content (AvgIpc) is 3.42. The van der Waals surface area contributed by atoms with Gasteiger partial charge >= 0.3 is 0 Å². The van der Waals surface area contributed by atoms with Crippen molar-refractivity contribution in [1.29, 1.82) is 0 Å². The Bertz CT molecular complexity index is 1040. The van der Waals surface area contributed by atoms with Crippen LogP contribution in [0.2, 0.25) is 5.02 Å². The number of carbonyl (C=O) groups excluding carboxylic acids is 1. The van der Waals surface area contributed by atoms with Crippen LogP contribution >= 0.6 is 11.6 Å². The van der Waals surface area contributed by atoms with Crippen molar-refractivity contribution in [2.45, 2.75) is 32.2 Å². The molecule has 4 rings (SSSR count). The predicted octanol–water partition coefficient (Wildman–Crippen LogP) is 3.93. The Morgan fingerprint density at radius 3 is 3.03 bits per heavy atom. The second kappa shape index (κ2) is 8.79. The number of halogens is 2. The lowest BCUT2D eigenvalue weighted by Gasteiger charge is -2.25. The van der Waals surface area contributed by atoms with Crippen molar-refractivity contribution in [3.8, 4) is 0 Å². The zero-order chi connectivity index (χ0) is 21.1. The highest BCUT2D eigenvalue weighted by Gasteiger charge is 2.32. The van der Waals surface area contributed by atoms with Crippen molar-refractivity contribution in [3.63, 3.8) is 0 Å². The number of hydrogen-bond acceptors (Lipinski definition) is 5. The zero-order valence-corrected chi connectivity index (χ0v) is 17.3. The van der Waals surface area contributed by atoms with Gasteiger partial charge in [0.1, 0.15) is 16.7 Å². The maximum atomic E-state index is 13.7. The second-order valence-corrected chi connectivity index (χ2v) is 7.67. The molecule has 0 aliphatic carbocycles. The van der Waals surface area contributed by atoms with Crippen LogP contribution in [0, 0.1) is 12.7 Å². The number of benzene rings is 1. The van der Waals surface area contributed by atoms with Crippen molar-refractivity contribution in [2.75, 3.05) is 18.4 Å². The van der Waals surface area contributed by atoms with Crippen LogP contribution in [0.3, 0.4) is 0 Å². The number of aryl methyl sites for hydroxylation is 1. The molecule has 2 N–H and O–H groups in total. The van der Waals surface area contributed by atoms with Gasteiger partial charge in [-0.3, -0.25) is 9.89 Å². The molecule has 7 nitrogen and oxygen atoms in total. The third kappa shape index (κ3) is 4.28. The molecule has 0 bridgehead atoms. The minimum atomic E-state index is -0.311. The van der Waals surface area contributed by atoms with Crippen LogP contribution in [0.15, 0.2) is 36.7 Å². The van der Waals surface area contributed by atoms with Crippen LogP contribution in [0.5, 0.6) is 0 Å². The summed E-state index contributed by atoms with van der Waals surface area (Å²) >= 11 is 6.36. The number of H-pyrrole nitrogens is 1. The molecular formula is C21H22ClFN6O. The molecule has 156 valence electrons. The molecule has 2 aromatic heterocycles. The lowest BCUT2D eigenvalue weighted by atomic mass is 10.0. The average molecular weight is 429 g/mol. The number of likely N-dealkylation sites (tertiary alicyclic amines) is 1. The van der Waals surface area contributed by atoms with Crippen LogP contribution in [0.4, 0.5) is 10.2 Å². The molecule has 1 amide bonds. The number of amides is 1. The van der Waals surface area contributed by atoms with Crippen LogP contribution in [0.25, 0.3) is 0 Å². The Kier molecular flexibility index (Phi) is 5.94. The van der Waals surface area contributed by atoms with Gasteiger partial charge in [-0.2, -0.15) is 5.10 Å². The summed E-state index contributed by atoms with van der Waals surface area (Å²) in [7, 11) is 0. The number of rotatable bonds is 6. The molecule has 3 heterocycles. The first kappa shape index (κ1) is 20.3. The van der Waals surface area contributed by atoms with Crippen molar-refractivity contribution < 1.29 is 9.18 Å². The highest BCUT2D eigenvalue weighted by Crippen LogP contribution is 2.33. The van der Waals surface area contributed by atoms with E-state index in [0.717, 1.165) is 30.4 Å². The van der Waals surface area contributed by atoms with Crippen LogP contribution in [0.1, 0.15) is 46.3 Å². The topological polar surface area (TPSA) is 86.8 Å². The molecule has 1 saturated heterocycles. The minimum absolute atomic E-state index is 0.0889. The van der Waals surface area contributed by atoms with Gasteiger partial charge in [-0.15, -0.1) is 0 Å². The predicted molar refractivity (Wildman–Crippen MR) is 112 cm³/mol. The van der Waals surface area contributed by atoms with E-state index in [1.54, 1.807) is 24.1 Å². The fourth-order valence-electron chi connectivity index (χ4n) is 3.71. The van der Waals surface area contributed by atoms with Crippen molar-refractivity contribution in [1.82, 2.24) is 25.1 Å². The Morgan fingerprint density at radius 2 is 2.27 bits per heavy atom. The largest absolute Gasteiger partial charge is 0.368 e. The van der Waals surface area contributed by atoms with Gasteiger partial charge in [-0.1, -0.05) is 23.7 Å². The number of anilines is 1. The SMILES string of the molecule is Cc1nc(C(=O)N2CCCC2c2cccc(F)c2)nc(NCCc2cn[nH]c2)c1Cl. The maximum Gasteiger partial charge on any atom is 0.292 e. The molecule has 0 spiro atoms. The minimum Gasteiger partial charge on any atom is -0.368 e. The molecule has 30 heavy (non-hydrogen) atoms. The summed E-state index contributed by atoms with van der Waals surface area (Å²) in [6, 6.07) is 6.20. The first-order valence-corrected chi connectivity index (χ1v) is 10.2. The molecule has 1 atom stereocenters. The van der Waals surface area contributed by atoms with Gasteiger partial charge in [0.05, 0.1) is 17.9 Å². The van der Waals surface area contributed by atoms with E-state index < -0.39 is 0 Å². The van der Waals surface area contributed by atoms with Crippen molar-refractivity contribution in [3.05, 3.63) is 70.1 Å². The second-order valence-electron chi connectivity index (χ2n) is 7.29. The number of nitrogens with one attached hydrogen (secondary N) is 2. The Balaban J connectivity index is 1.53. The van der Waals surface area contributed by atoms with E-state index in [1.807, 2.05) is 12.3 Å². The fraction of sp³-hybridized carbons (Fsp3) is 0.333. The standard InChI is InChI=1S/C21H22ClFN6O/c1-13-18(22)19(24-8-7-14-11-25-26-12-14)28-20(27-13)21(30)29-9-3-6-17(29)15-4-2-5-16(23)10-15/h2,4-5,10-12,17H,3,6-9H2,1H3,(H,25,26)(H,24,27,28). The van der Waals surface area contributed by atoms with Crippen LogP contribution in [-0.4, -0.2) is 44.1 Å². The van der Waals surface area contributed by atoms with Gasteiger partial charge in [-0.25, -0.2) is 14.4 Å². The highest BCUT2D eigenvalue weighted by atomic mass is 35.5. The van der Waals surface area contributed by atoms with E-state index in [-0.39, 0.29) is 23.6 Å².